The van der Waals surface area contributed by atoms with Crippen LogP contribution in [0.5, 0.6) is 5.75 Å². The number of carbonyl (C=O) groups excluding carboxylic acids is 1. The predicted octanol–water partition coefficient (Wildman–Crippen LogP) is -1.02. The van der Waals surface area contributed by atoms with Crippen molar-refractivity contribution < 1.29 is 40.2 Å². The molecular weight excluding hydrogens is 310 g/mol. The van der Waals surface area contributed by atoms with Gasteiger partial charge in [0, 0.05) is 6.54 Å². The molecule has 128 valence electrons. The molecule has 0 saturated carbocycles. The summed E-state index contributed by atoms with van der Waals surface area (Å²) in [5, 5.41) is 53.3. The Bertz CT molecular complexity index is 574. The lowest BCUT2D eigenvalue weighted by Gasteiger charge is -2.13. The second-order valence-electron chi connectivity index (χ2n) is 4.66. The van der Waals surface area contributed by atoms with Crippen LogP contribution in [-0.4, -0.2) is 62.0 Å². The molecule has 9 heteroatoms. The third-order valence-electron chi connectivity index (χ3n) is 2.95. The summed E-state index contributed by atoms with van der Waals surface area (Å²) in [6.07, 6.45) is -3.46. The smallest absolute Gasteiger partial charge is 0.377 e. The molecule has 3 atom stereocenters. The Kier molecular flexibility index (Phi) is 6.79. The van der Waals surface area contributed by atoms with Gasteiger partial charge >= 0.3 is 5.97 Å². The highest BCUT2D eigenvalue weighted by molar-refractivity contribution is 5.89. The van der Waals surface area contributed by atoms with Gasteiger partial charge in [0.05, 0.1) is 12.7 Å². The molecule has 1 aromatic carbocycles. The summed E-state index contributed by atoms with van der Waals surface area (Å²) in [5.74, 6) is -2.63. The van der Waals surface area contributed by atoms with Crippen molar-refractivity contribution in [3.05, 3.63) is 41.3 Å². The molecule has 2 rings (SSSR count). The van der Waals surface area contributed by atoms with Crippen molar-refractivity contribution in [3.63, 3.8) is 0 Å². The molecule has 1 aromatic rings. The van der Waals surface area contributed by atoms with Crippen LogP contribution in [0, 0.1) is 0 Å². The fourth-order valence-electron chi connectivity index (χ4n) is 1.69. The molecule has 8 N–H and O–H groups in total. The molecular formula is C14H19NO8. The predicted molar refractivity (Wildman–Crippen MR) is 77.4 cm³/mol. The first kappa shape index (κ1) is 18.7. The Labute approximate surface area is 131 Å². The number of aliphatic hydroxyl groups excluding tert-OH is 5. The average Bonchev–Trinajstić information content (AvgIpc) is 2.81. The Morgan fingerprint density at radius 3 is 2.30 bits per heavy atom. The molecule has 1 aliphatic heterocycles. The van der Waals surface area contributed by atoms with Crippen LogP contribution < -0.4 is 5.73 Å². The molecule has 1 aliphatic rings. The van der Waals surface area contributed by atoms with Crippen LogP contribution >= 0.6 is 0 Å². The van der Waals surface area contributed by atoms with Crippen LogP contribution in [0.25, 0.3) is 0 Å². The van der Waals surface area contributed by atoms with Gasteiger partial charge in [0.2, 0.25) is 5.76 Å². The number of cyclic esters (lactones) is 1. The topological polar surface area (TPSA) is 174 Å². The highest BCUT2D eigenvalue weighted by Gasteiger charge is 2.38. The molecule has 0 bridgehead atoms. The van der Waals surface area contributed by atoms with Gasteiger partial charge in [-0.15, -0.1) is 0 Å². The maximum atomic E-state index is 10.5. The fourth-order valence-corrected chi connectivity index (χ4v) is 1.69. The first-order valence-electron chi connectivity index (χ1n) is 6.60. The standard InChI is InChI=1S/C8H11NO2.C6H8O6/c9-5-8(11)6-2-1-3-7(10)4-6;7-1-2(8)5-3(9)4(10)6(11)12-5/h1-4,8,10-11H,5,9H2;2,5,7-10H,1H2/t;2-,5+/m.0/s1. The van der Waals surface area contributed by atoms with Gasteiger partial charge < -0.3 is 41.1 Å². The molecule has 1 unspecified atom stereocenters. The number of hydrogen-bond acceptors (Lipinski definition) is 9. The number of aromatic hydroxyl groups is 1. The van der Waals surface area contributed by atoms with Gasteiger partial charge in [0.1, 0.15) is 11.9 Å². The monoisotopic (exact) mass is 329 g/mol. The number of phenolic OH excluding ortho intramolecular Hbond substituents is 1. The van der Waals surface area contributed by atoms with Crippen molar-refractivity contribution in [2.24, 2.45) is 5.73 Å². The molecule has 0 saturated heterocycles. The maximum absolute atomic E-state index is 10.5. The summed E-state index contributed by atoms with van der Waals surface area (Å²) in [6, 6.07) is 6.44. The third kappa shape index (κ3) is 4.83. The zero-order valence-electron chi connectivity index (χ0n) is 12.0. The largest absolute Gasteiger partial charge is 0.508 e. The van der Waals surface area contributed by atoms with Crippen molar-refractivity contribution >= 4 is 5.97 Å². The zero-order chi connectivity index (χ0) is 17.6. The maximum Gasteiger partial charge on any atom is 0.377 e. The molecule has 0 fully saturated rings. The highest BCUT2D eigenvalue weighted by Crippen LogP contribution is 2.21. The summed E-state index contributed by atoms with van der Waals surface area (Å²) in [6.45, 7) is -0.501. The van der Waals surface area contributed by atoms with Gasteiger partial charge in [-0.05, 0) is 17.7 Å². The van der Waals surface area contributed by atoms with Gasteiger partial charge in [-0.2, -0.15) is 0 Å². The lowest BCUT2D eigenvalue weighted by Crippen LogP contribution is -2.31. The van der Waals surface area contributed by atoms with Crippen molar-refractivity contribution in [1.29, 1.82) is 0 Å². The van der Waals surface area contributed by atoms with Gasteiger partial charge in [0.15, 0.2) is 11.9 Å². The Morgan fingerprint density at radius 2 is 1.87 bits per heavy atom. The van der Waals surface area contributed by atoms with Gasteiger partial charge in [-0.1, -0.05) is 12.1 Å². The summed E-state index contributed by atoms with van der Waals surface area (Å²) in [4.78, 5) is 10.5. The zero-order valence-corrected chi connectivity index (χ0v) is 12.0. The summed E-state index contributed by atoms with van der Waals surface area (Å²) >= 11 is 0. The van der Waals surface area contributed by atoms with Crippen LogP contribution in [0.4, 0.5) is 0 Å². The van der Waals surface area contributed by atoms with Gasteiger partial charge in [-0.3, -0.25) is 0 Å². The van der Waals surface area contributed by atoms with E-state index >= 15 is 0 Å². The second kappa shape index (κ2) is 8.34. The van der Waals surface area contributed by atoms with Crippen LogP contribution in [0.1, 0.15) is 11.7 Å². The second-order valence-corrected chi connectivity index (χ2v) is 4.66. The number of benzene rings is 1. The molecule has 1 heterocycles. The Balaban J connectivity index is 0.000000231. The number of rotatable bonds is 4. The molecule has 0 aromatic heterocycles. The minimum Gasteiger partial charge on any atom is -0.508 e. The fraction of sp³-hybridized carbons (Fsp3) is 0.357. The van der Waals surface area contributed by atoms with E-state index in [0.717, 1.165) is 0 Å². The van der Waals surface area contributed by atoms with Crippen molar-refractivity contribution in [1.82, 2.24) is 0 Å². The van der Waals surface area contributed by atoms with Crippen molar-refractivity contribution in [2.45, 2.75) is 18.3 Å². The lowest BCUT2D eigenvalue weighted by atomic mass is 10.1. The highest BCUT2D eigenvalue weighted by atomic mass is 16.6. The van der Waals surface area contributed by atoms with Crippen LogP contribution in [0.2, 0.25) is 0 Å². The first-order valence-corrected chi connectivity index (χ1v) is 6.60. The summed E-state index contributed by atoms with van der Waals surface area (Å²) in [5.41, 5.74) is 5.87. The first-order chi connectivity index (χ1) is 10.8. The van der Waals surface area contributed by atoms with E-state index in [-0.39, 0.29) is 12.3 Å². The van der Waals surface area contributed by atoms with Crippen LogP contribution in [0.15, 0.2) is 35.8 Å². The minimum atomic E-state index is -1.42. The minimum absolute atomic E-state index is 0.148. The third-order valence-corrected chi connectivity index (χ3v) is 2.95. The van der Waals surface area contributed by atoms with E-state index in [9.17, 15) is 9.90 Å². The number of nitrogens with two attached hydrogens (primary N) is 1. The quantitative estimate of drug-likeness (QED) is 0.341. The Hall–Kier alpha value is -2.33. The van der Waals surface area contributed by atoms with Gasteiger partial charge in [0.25, 0.3) is 0 Å². The molecule has 0 radical (unpaired) electrons. The van der Waals surface area contributed by atoms with E-state index in [1.165, 1.54) is 6.07 Å². The van der Waals surface area contributed by atoms with E-state index in [2.05, 4.69) is 4.74 Å². The van der Waals surface area contributed by atoms with E-state index in [0.29, 0.717) is 5.56 Å². The van der Waals surface area contributed by atoms with E-state index in [1.807, 2.05) is 0 Å². The van der Waals surface area contributed by atoms with E-state index in [4.69, 9.17) is 31.3 Å². The number of aliphatic hydroxyl groups is 5. The Morgan fingerprint density at radius 1 is 1.22 bits per heavy atom. The van der Waals surface area contributed by atoms with Crippen LogP contribution in [0.3, 0.4) is 0 Å². The van der Waals surface area contributed by atoms with Crippen molar-refractivity contribution in [3.8, 4) is 5.75 Å². The van der Waals surface area contributed by atoms with E-state index in [1.54, 1.807) is 18.2 Å². The number of hydrogen-bond donors (Lipinski definition) is 7. The molecule has 9 nitrogen and oxygen atoms in total. The molecule has 0 amide bonds. The molecule has 0 spiro atoms. The van der Waals surface area contributed by atoms with Crippen LogP contribution in [-0.2, 0) is 9.53 Å². The SMILES string of the molecule is NCC(O)c1cccc(O)c1.O=C1O[C@H]([C@@H](O)CO)C(O)=C1O. The molecule has 23 heavy (non-hydrogen) atoms. The lowest BCUT2D eigenvalue weighted by molar-refractivity contribution is -0.147. The number of esters is 1. The summed E-state index contributed by atoms with van der Waals surface area (Å²) < 4.78 is 4.32. The van der Waals surface area contributed by atoms with Gasteiger partial charge in [-0.25, -0.2) is 4.79 Å². The normalized spacial score (nSPS) is 19.7. The average molecular weight is 329 g/mol. The summed E-state index contributed by atoms with van der Waals surface area (Å²) in [7, 11) is 0. The number of carbonyl (C=O) groups is 1. The van der Waals surface area contributed by atoms with Crippen molar-refractivity contribution in [2.75, 3.05) is 13.2 Å². The molecule has 0 aliphatic carbocycles. The van der Waals surface area contributed by atoms with E-state index < -0.39 is 42.4 Å². The number of ether oxygens (including phenoxy) is 1. The number of phenols is 1.